The average molecular weight is 734 g/mol. The van der Waals surface area contributed by atoms with Crippen molar-refractivity contribution in [1.82, 2.24) is 4.90 Å². The Morgan fingerprint density at radius 2 is 1.65 bits per heavy atom. The Bertz CT molecular complexity index is 1300. The molecule has 3 aromatic rings. The molecule has 1 heterocycles. The van der Waals surface area contributed by atoms with Gasteiger partial charge in [-0.15, -0.1) is 0 Å². The molecule has 0 radical (unpaired) electrons. The first kappa shape index (κ1) is 26.7. The minimum absolute atomic E-state index is 0.0628. The second-order valence-corrected chi connectivity index (χ2v) is 12.8. The van der Waals surface area contributed by atoms with Gasteiger partial charge in [0.05, 0.1) is 17.7 Å². The highest BCUT2D eigenvalue weighted by Crippen LogP contribution is 2.40. The zero-order valence-corrected chi connectivity index (χ0v) is 25.7. The van der Waals surface area contributed by atoms with Gasteiger partial charge < -0.3 is 4.74 Å². The normalized spacial score (nSPS) is 22.1. The zero-order valence-electron chi connectivity index (χ0n) is 20.6. The van der Waals surface area contributed by atoms with Crippen molar-refractivity contribution in [3.63, 3.8) is 0 Å². The maximum absolute atomic E-state index is 13.8. The molecule has 5 rings (SSSR count). The number of carbonyl (C=O) groups is 1. The quantitative estimate of drug-likeness (QED) is 0.188. The van der Waals surface area contributed by atoms with E-state index in [1.807, 2.05) is 59.5 Å². The molecular weight excluding hydrogens is 706 g/mol. The van der Waals surface area contributed by atoms with Gasteiger partial charge in [-0.05, 0) is 117 Å². The number of para-hydroxylation sites is 1. The Kier molecular flexibility index (Phi) is 8.92. The predicted octanol–water partition coefficient (Wildman–Crippen LogP) is 8.66. The number of halogens is 2. The predicted molar refractivity (Wildman–Crippen MR) is 170 cm³/mol. The van der Waals surface area contributed by atoms with Crippen molar-refractivity contribution in [2.24, 2.45) is 10.9 Å². The highest BCUT2D eigenvalue weighted by atomic mass is 127. The Labute approximate surface area is 250 Å². The molecule has 4 nitrogen and oxygen atoms in total. The SMILES string of the molecule is C[C@@H]1CCCC[C@H]1N1C(=O)/C(=C/c2cc(I)c(OCc3ccccc3)c(I)c2)SC1=Nc1ccccc1. The van der Waals surface area contributed by atoms with Crippen molar-refractivity contribution in [2.75, 3.05) is 0 Å². The van der Waals surface area contributed by atoms with Crippen molar-refractivity contribution in [2.45, 2.75) is 45.3 Å². The molecule has 2 fully saturated rings. The summed E-state index contributed by atoms with van der Waals surface area (Å²) < 4.78 is 8.21. The molecule has 2 atom stereocenters. The molecule has 37 heavy (non-hydrogen) atoms. The van der Waals surface area contributed by atoms with Gasteiger partial charge in [-0.3, -0.25) is 9.69 Å². The van der Waals surface area contributed by atoms with E-state index >= 15 is 0 Å². The van der Waals surface area contributed by atoms with Crippen LogP contribution in [0.25, 0.3) is 6.08 Å². The first-order valence-electron chi connectivity index (χ1n) is 12.5. The van der Waals surface area contributed by atoms with Crippen LogP contribution in [0.4, 0.5) is 5.69 Å². The van der Waals surface area contributed by atoms with E-state index < -0.39 is 0 Å². The van der Waals surface area contributed by atoms with Gasteiger partial charge in [-0.2, -0.15) is 0 Å². The van der Waals surface area contributed by atoms with Gasteiger partial charge in [-0.1, -0.05) is 68.3 Å². The number of amidine groups is 1. The van der Waals surface area contributed by atoms with E-state index in [4.69, 9.17) is 9.73 Å². The second kappa shape index (κ2) is 12.3. The number of hydrogen-bond donors (Lipinski definition) is 0. The Morgan fingerprint density at radius 3 is 2.32 bits per heavy atom. The summed E-state index contributed by atoms with van der Waals surface area (Å²) in [6.45, 7) is 2.79. The highest BCUT2D eigenvalue weighted by molar-refractivity contribution is 14.1. The van der Waals surface area contributed by atoms with E-state index in [-0.39, 0.29) is 11.9 Å². The van der Waals surface area contributed by atoms with Crippen molar-refractivity contribution in [3.8, 4) is 5.75 Å². The zero-order chi connectivity index (χ0) is 25.8. The smallest absolute Gasteiger partial charge is 0.267 e. The molecule has 1 aliphatic carbocycles. The molecule has 0 unspecified atom stereocenters. The van der Waals surface area contributed by atoms with E-state index in [9.17, 15) is 4.79 Å². The van der Waals surface area contributed by atoms with Gasteiger partial charge in [0.25, 0.3) is 5.91 Å². The first-order valence-corrected chi connectivity index (χ1v) is 15.5. The van der Waals surface area contributed by atoms with Crippen molar-refractivity contribution >= 4 is 79.8 Å². The summed E-state index contributed by atoms with van der Waals surface area (Å²) in [5.41, 5.74) is 3.00. The summed E-state index contributed by atoms with van der Waals surface area (Å²) in [4.78, 5) is 21.4. The number of aliphatic imine (C=N–C) groups is 1. The lowest BCUT2D eigenvalue weighted by Gasteiger charge is -2.35. The third-order valence-corrected chi connectivity index (χ3v) is 9.35. The van der Waals surface area contributed by atoms with E-state index in [0.29, 0.717) is 12.5 Å². The largest absolute Gasteiger partial charge is 0.487 e. The van der Waals surface area contributed by atoms with E-state index in [0.717, 1.165) is 59.0 Å². The average Bonchev–Trinajstić information content (AvgIpc) is 3.19. The molecular formula is C30H28I2N2O2S. The molecule has 7 heteroatoms. The lowest BCUT2D eigenvalue weighted by atomic mass is 9.85. The maximum atomic E-state index is 13.8. The van der Waals surface area contributed by atoms with Crippen molar-refractivity contribution in [1.29, 1.82) is 0 Å². The first-order chi connectivity index (χ1) is 18.0. The topological polar surface area (TPSA) is 41.9 Å². The van der Waals surface area contributed by atoms with Crippen LogP contribution in [0.1, 0.15) is 43.7 Å². The fourth-order valence-electron chi connectivity index (χ4n) is 4.83. The maximum Gasteiger partial charge on any atom is 0.267 e. The van der Waals surface area contributed by atoms with Gasteiger partial charge in [0.2, 0.25) is 0 Å². The number of nitrogens with zero attached hydrogens (tertiary/aromatic N) is 2. The van der Waals surface area contributed by atoms with E-state index in [1.54, 1.807) is 0 Å². The summed E-state index contributed by atoms with van der Waals surface area (Å²) in [6, 6.07) is 24.5. The Morgan fingerprint density at radius 1 is 1.00 bits per heavy atom. The molecule has 2 aliphatic rings. The van der Waals surface area contributed by atoms with Crippen LogP contribution >= 0.6 is 56.9 Å². The fraction of sp³-hybridized carbons (Fsp3) is 0.267. The monoisotopic (exact) mass is 734 g/mol. The third-order valence-electron chi connectivity index (χ3n) is 6.76. The number of rotatable bonds is 6. The van der Waals surface area contributed by atoms with E-state index in [2.05, 4.69) is 76.4 Å². The molecule has 3 aromatic carbocycles. The number of carbonyl (C=O) groups excluding carboxylic acids is 1. The number of benzene rings is 3. The van der Waals surface area contributed by atoms with Crippen LogP contribution in [-0.2, 0) is 11.4 Å². The number of hydrogen-bond acceptors (Lipinski definition) is 4. The lowest BCUT2D eigenvalue weighted by molar-refractivity contribution is -0.124. The molecule has 0 aromatic heterocycles. The summed E-state index contributed by atoms with van der Waals surface area (Å²) >= 11 is 6.13. The summed E-state index contributed by atoms with van der Waals surface area (Å²) in [6.07, 6.45) is 6.57. The third kappa shape index (κ3) is 6.42. The summed E-state index contributed by atoms with van der Waals surface area (Å²) in [7, 11) is 0. The van der Waals surface area contributed by atoms with Crippen molar-refractivity contribution < 1.29 is 9.53 Å². The van der Waals surface area contributed by atoms with Crippen LogP contribution in [0.15, 0.2) is 82.7 Å². The van der Waals surface area contributed by atoms with Gasteiger partial charge >= 0.3 is 0 Å². The number of thioether (sulfide) groups is 1. The number of ether oxygens (including phenoxy) is 1. The lowest BCUT2D eigenvalue weighted by Crippen LogP contribution is -2.44. The van der Waals surface area contributed by atoms with Crippen LogP contribution in [0, 0.1) is 13.1 Å². The van der Waals surface area contributed by atoms with Crippen LogP contribution in [0.3, 0.4) is 0 Å². The minimum Gasteiger partial charge on any atom is -0.487 e. The standard InChI is InChI=1S/C30H28I2N2O2S/c1-20-10-8-9-15-26(20)34-29(35)27(37-30(34)33-23-13-6-3-7-14-23)18-22-16-24(31)28(25(32)17-22)36-19-21-11-4-2-5-12-21/h2-7,11-14,16-18,20,26H,8-10,15,19H2,1H3/b27-18-,33-30?/t20-,26-/m1/s1. The molecule has 1 aliphatic heterocycles. The van der Waals surface area contributed by atoms with Gasteiger partial charge in [0.1, 0.15) is 12.4 Å². The molecule has 1 saturated heterocycles. The van der Waals surface area contributed by atoms with Crippen LogP contribution < -0.4 is 4.74 Å². The van der Waals surface area contributed by atoms with Crippen molar-refractivity contribution in [3.05, 3.63) is 96.0 Å². The van der Waals surface area contributed by atoms with Gasteiger partial charge in [0, 0.05) is 6.04 Å². The van der Waals surface area contributed by atoms with Crippen LogP contribution in [0.2, 0.25) is 0 Å². The summed E-state index contributed by atoms with van der Waals surface area (Å²) in [5, 5.41) is 0.786. The molecule has 190 valence electrons. The Hall–Kier alpha value is -1.85. The Balaban J connectivity index is 1.43. The van der Waals surface area contributed by atoms with E-state index in [1.165, 1.54) is 18.2 Å². The molecule has 0 spiro atoms. The molecule has 0 bridgehead atoms. The highest BCUT2D eigenvalue weighted by Gasteiger charge is 2.41. The van der Waals surface area contributed by atoms with Gasteiger partial charge in [0.15, 0.2) is 5.17 Å². The number of amides is 1. The second-order valence-electron chi connectivity index (χ2n) is 9.43. The van der Waals surface area contributed by atoms with Gasteiger partial charge in [-0.25, -0.2) is 4.99 Å². The summed E-state index contributed by atoms with van der Waals surface area (Å²) in [5.74, 6) is 1.40. The fourth-order valence-corrected chi connectivity index (χ4v) is 8.00. The molecule has 1 amide bonds. The van der Waals surface area contributed by atoms with Crippen LogP contribution in [-0.4, -0.2) is 22.0 Å². The van der Waals surface area contributed by atoms with Crippen LogP contribution in [0.5, 0.6) is 5.75 Å². The molecule has 1 saturated carbocycles. The molecule has 0 N–H and O–H groups in total. The minimum atomic E-state index is 0.0628.